The van der Waals surface area contributed by atoms with Gasteiger partial charge in [0.1, 0.15) is 11.6 Å². The van der Waals surface area contributed by atoms with Crippen LogP contribution in [0.2, 0.25) is 0 Å². The Labute approximate surface area is 168 Å². The largest absolute Gasteiger partial charge is 0.483 e. The molecule has 0 unspecified atom stereocenters. The fourth-order valence-electron chi connectivity index (χ4n) is 3.93. The minimum absolute atomic E-state index is 0.146. The average Bonchev–Trinajstić information content (AvgIpc) is 3.02. The van der Waals surface area contributed by atoms with E-state index in [0.29, 0.717) is 5.56 Å². The van der Waals surface area contributed by atoms with Crippen molar-refractivity contribution >= 4 is 22.5 Å². The number of carbonyl (C=O) groups excluding carboxylic acids is 2. The summed E-state index contributed by atoms with van der Waals surface area (Å²) >= 11 is 0. The van der Waals surface area contributed by atoms with Crippen LogP contribution in [0.3, 0.4) is 0 Å². The number of hydrogen-bond donors (Lipinski definition) is 1. The molecule has 0 saturated heterocycles. The van der Waals surface area contributed by atoms with Crippen LogP contribution in [0, 0.1) is 5.82 Å². The summed E-state index contributed by atoms with van der Waals surface area (Å²) in [5.41, 5.74) is 1.65. The molecule has 1 N–H and O–H groups in total. The van der Waals surface area contributed by atoms with E-state index in [-0.39, 0.29) is 48.0 Å². The van der Waals surface area contributed by atoms with E-state index in [2.05, 4.69) is 5.32 Å². The number of fused-ring (bicyclic) bond motifs is 2. The molecule has 4 rings (SSSR count). The van der Waals surface area contributed by atoms with Crippen LogP contribution in [0.5, 0.6) is 5.75 Å². The van der Waals surface area contributed by atoms with E-state index in [1.54, 1.807) is 0 Å². The fourth-order valence-corrected chi connectivity index (χ4v) is 3.93. The summed E-state index contributed by atoms with van der Waals surface area (Å²) in [6.07, 6.45) is 0.262. The standard InChI is InChI=1S/C24H22FNO3/c1-14-11-20(27)24-21(10-9-19(25)23(14)24)29-13-22(28)26-15(2)17-8-7-16-5-3-4-6-18(16)12-17/h3-10,12,14-15H,11,13H2,1-2H3,(H,26,28)/t14-,15-/m1/s1. The molecule has 2 atom stereocenters. The molecule has 0 aliphatic heterocycles. The Kier molecular flexibility index (Phi) is 5.05. The average molecular weight is 391 g/mol. The fraction of sp³-hybridized carbons (Fsp3) is 0.250. The molecule has 0 bridgehead atoms. The highest BCUT2D eigenvalue weighted by molar-refractivity contribution is 6.03. The van der Waals surface area contributed by atoms with Crippen LogP contribution in [0.15, 0.2) is 54.6 Å². The Bertz CT molecular complexity index is 1110. The number of Topliss-reactive ketones (excluding diaryl/α,β-unsaturated/α-hetero) is 1. The molecule has 1 amide bonds. The first-order valence-corrected chi connectivity index (χ1v) is 9.70. The predicted molar refractivity (Wildman–Crippen MR) is 110 cm³/mol. The van der Waals surface area contributed by atoms with E-state index < -0.39 is 5.82 Å². The number of nitrogens with one attached hydrogen (secondary N) is 1. The van der Waals surface area contributed by atoms with Crippen LogP contribution in [0.4, 0.5) is 4.39 Å². The molecular formula is C24H22FNO3. The molecular weight excluding hydrogens is 369 g/mol. The third kappa shape index (κ3) is 3.73. The first kappa shape index (κ1) is 19.1. The zero-order valence-corrected chi connectivity index (χ0v) is 16.4. The molecule has 0 heterocycles. The quantitative estimate of drug-likeness (QED) is 0.671. The number of hydrogen-bond acceptors (Lipinski definition) is 3. The minimum atomic E-state index is -0.403. The van der Waals surface area contributed by atoms with Gasteiger partial charge in [0, 0.05) is 12.0 Å². The summed E-state index contributed by atoms with van der Waals surface area (Å²) in [5, 5.41) is 5.16. The lowest BCUT2D eigenvalue weighted by atomic mass is 10.0. The van der Waals surface area contributed by atoms with E-state index in [0.717, 1.165) is 16.3 Å². The Morgan fingerprint density at radius 1 is 1.17 bits per heavy atom. The molecule has 0 spiro atoms. The first-order chi connectivity index (χ1) is 13.9. The molecule has 3 aromatic rings. The molecule has 0 radical (unpaired) electrons. The lowest BCUT2D eigenvalue weighted by Gasteiger charge is -2.16. The smallest absolute Gasteiger partial charge is 0.258 e. The summed E-state index contributed by atoms with van der Waals surface area (Å²) < 4.78 is 19.7. The second-order valence-electron chi connectivity index (χ2n) is 7.55. The molecule has 1 aliphatic rings. The van der Waals surface area contributed by atoms with Crippen molar-refractivity contribution in [1.29, 1.82) is 0 Å². The number of benzene rings is 3. The van der Waals surface area contributed by atoms with Gasteiger partial charge in [-0.15, -0.1) is 0 Å². The zero-order chi connectivity index (χ0) is 20.5. The van der Waals surface area contributed by atoms with Crippen molar-refractivity contribution in [3.63, 3.8) is 0 Å². The SMILES string of the molecule is C[C@@H]1CC(=O)c2c(OCC(=O)N[C@H](C)c3ccc4ccccc4c3)ccc(F)c21. The molecule has 29 heavy (non-hydrogen) atoms. The summed E-state index contributed by atoms with van der Waals surface area (Å²) in [5.74, 6) is -0.763. The van der Waals surface area contributed by atoms with Crippen molar-refractivity contribution in [2.75, 3.05) is 6.61 Å². The van der Waals surface area contributed by atoms with E-state index >= 15 is 0 Å². The Balaban J connectivity index is 1.43. The number of ether oxygens (including phenoxy) is 1. The van der Waals surface area contributed by atoms with Gasteiger partial charge in [-0.3, -0.25) is 9.59 Å². The third-order valence-corrected chi connectivity index (χ3v) is 5.43. The summed E-state index contributed by atoms with van der Waals surface area (Å²) in [6, 6.07) is 16.6. The van der Waals surface area contributed by atoms with Crippen molar-refractivity contribution in [3.8, 4) is 5.75 Å². The Hall–Kier alpha value is -3.21. The highest BCUT2D eigenvalue weighted by Crippen LogP contribution is 2.39. The van der Waals surface area contributed by atoms with Gasteiger partial charge in [0.15, 0.2) is 12.4 Å². The van der Waals surface area contributed by atoms with Crippen LogP contribution in [0.25, 0.3) is 10.8 Å². The van der Waals surface area contributed by atoms with Crippen LogP contribution >= 0.6 is 0 Å². The number of amides is 1. The highest BCUT2D eigenvalue weighted by Gasteiger charge is 2.32. The lowest BCUT2D eigenvalue weighted by molar-refractivity contribution is -0.123. The zero-order valence-electron chi connectivity index (χ0n) is 16.4. The molecule has 0 saturated carbocycles. The summed E-state index contributed by atoms with van der Waals surface area (Å²) in [7, 11) is 0. The molecule has 1 aliphatic carbocycles. The third-order valence-electron chi connectivity index (χ3n) is 5.43. The van der Waals surface area contributed by atoms with Crippen LogP contribution in [0.1, 0.15) is 53.7 Å². The highest BCUT2D eigenvalue weighted by atomic mass is 19.1. The van der Waals surface area contributed by atoms with Gasteiger partial charge >= 0.3 is 0 Å². The van der Waals surface area contributed by atoms with Crippen molar-refractivity contribution in [2.24, 2.45) is 0 Å². The van der Waals surface area contributed by atoms with Crippen molar-refractivity contribution < 1.29 is 18.7 Å². The normalized spacial score (nSPS) is 16.5. The van der Waals surface area contributed by atoms with Crippen LogP contribution < -0.4 is 10.1 Å². The van der Waals surface area contributed by atoms with Gasteiger partial charge in [-0.25, -0.2) is 4.39 Å². The van der Waals surface area contributed by atoms with E-state index in [9.17, 15) is 14.0 Å². The topological polar surface area (TPSA) is 55.4 Å². The first-order valence-electron chi connectivity index (χ1n) is 9.70. The second-order valence-corrected chi connectivity index (χ2v) is 7.55. The van der Waals surface area contributed by atoms with Gasteiger partial charge in [0.2, 0.25) is 0 Å². The predicted octanol–water partition coefficient (Wildman–Crippen LogP) is 4.93. The van der Waals surface area contributed by atoms with Gasteiger partial charge < -0.3 is 10.1 Å². The van der Waals surface area contributed by atoms with E-state index in [1.807, 2.05) is 56.3 Å². The van der Waals surface area contributed by atoms with Crippen molar-refractivity contribution in [1.82, 2.24) is 5.32 Å². The van der Waals surface area contributed by atoms with Crippen molar-refractivity contribution in [2.45, 2.75) is 32.2 Å². The maximum atomic E-state index is 14.1. The van der Waals surface area contributed by atoms with Gasteiger partial charge in [0.25, 0.3) is 5.91 Å². The monoisotopic (exact) mass is 391 g/mol. The van der Waals surface area contributed by atoms with Crippen LogP contribution in [-0.4, -0.2) is 18.3 Å². The molecule has 5 heteroatoms. The number of rotatable bonds is 5. The Morgan fingerprint density at radius 2 is 1.93 bits per heavy atom. The van der Waals surface area contributed by atoms with Gasteiger partial charge in [-0.2, -0.15) is 0 Å². The minimum Gasteiger partial charge on any atom is -0.483 e. The van der Waals surface area contributed by atoms with Gasteiger partial charge in [0.05, 0.1) is 11.6 Å². The Morgan fingerprint density at radius 3 is 2.72 bits per heavy atom. The van der Waals surface area contributed by atoms with Crippen LogP contribution in [-0.2, 0) is 4.79 Å². The number of ketones is 1. The van der Waals surface area contributed by atoms with Crippen molar-refractivity contribution in [3.05, 3.63) is 77.1 Å². The molecule has 148 valence electrons. The van der Waals surface area contributed by atoms with E-state index in [4.69, 9.17) is 4.74 Å². The maximum Gasteiger partial charge on any atom is 0.258 e. The van der Waals surface area contributed by atoms with E-state index in [1.165, 1.54) is 12.1 Å². The maximum absolute atomic E-state index is 14.1. The number of carbonyl (C=O) groups is 2. The molecule has 0 fully saturated rings. The summed E-state index contributed by atoms with van der Waals surface area (Å²) in [4.78, 5) is 24.6. The molecule has 4 nitrogen and oxygen atoms in total. The molecule has 3 aromatic carbocycles. The molecule has 0 aromatic heterocycles. The summed E-state index contributed by atoms with van der Waals surface area (Å²) in [6.45, 7) is 3.48. The second kappa shape index (κ2) is 7.66. The lowest BCUT2D eigenvalue weighted by Crippen LogP contribution is -2.31. The number of halogens is 1. The van der Waals surface area contributed by atoms with Gasteiger partial charge in [-0.1, -0.05) is 43.3 Å². The van der Waals surface area contributed by atoms with Gasteiger partial charge in [-0.05, 0) is 47.4 Å².